The van der Waals surface area contributed by atoms with Gasteiger partial charge in [0.05, 0.1) is 29.9 Å². The molecule has 0 aromatic heterocycles. The van der Waals surface area contributed by atoms with Gasteiger partial charge in [-0.25, -0.2) is 4.79 Å². The molecule has 1 aromatic carbocycles. The van der Waals surface area contributed by atoms with Crippen LogP contribution in [0.3, 0.4) is 0 Å². The zero-order valence-corrected chi connectivity index (χ0v) is 10.1. The predicted octanol–water partition coefficient (Wildman–Crippen LogP) is 2.28. The van der Waals surface area contributed by atoms with E-state index in [9.17, 15) is 4.79 Å². The lowest BCUT2D eigenvalue weighted by Crippen LogP contribution is -2.13. The van der Waals surface area contributed by atoms with Crippen molar-refractivity contribution in [3.8, 4) is 6.07 Å². The summed E-state index contributed by atoms with van der Waals surface area (Å²) in [6.07, 6.45) is 3.09. The number of esters is 1. The van der Waals surface area contributed by atoms with Crippen LogP contribution in [-0.4, -0.2) is 25.3 Å². The third kappa shape index (κ3) is 3.31. The fourth-order valence-electron chi connectivity index (χ4n) is 1.95. The van der Waals surface area contributed by atoms with E-state index in [4.69, 9.17) is 14.7 Å². The number of rotatable bonds is 4. The molecule has 4 nitrogen and oxygen atoms in total. The Morgan fingerprint density at radius 1 is 1.56 bits per heavy atom. The molecule has 1 atom stereocenters. The summed E-state index contributed by atoms with van der Waals surface area (Å²) in [5.41, 5.74) is 0.880. The molecule has 0 saturated carbocycles. The van der Waals surface area contributed by atoms with Gasteiger partial charge in [0.25, 0.3) is 0 Å². The predicted molar refractivity (Wildman–Crippen MR) is 65.0 cm³/mol. The Balaban J connectivity index is 1.81. The Morgan fingerprint density at radius 3 is 3.17 bits per heavy atom. The molecule has 0 N–H and O–H groups in total. The fraction of sp³-hybridized carbons (Fsp3) is 0.429. The van der Waals surface area contributed by atoms with Crippen LogP contribution in [0.1, 0.15) is 35.2 Å². The van der Waals surface area contributed by atoms with Crippen LogP contribution < -0.4 is 0 Å². The highest BCUT2D eigenvalue weighted by Gasteiger charge is 2.16. The minimum absolute atomic E-state index is 0.225. The van der Waals surface area contributed by atoms with Gasteiger partial charge in [-0.05, 0) is 31.0 Å². The zero-order chi connectivity index (χ0) is 12.8. The standard InChI is InChI=1S/C14H15NO3/c15-10-11-3-1-4-12(9-11)14(16)18-8-6-13-5-2-7-17-13/h1,3-4,9,13H,2,5-8H2. The summed E-state index contributed by atoms with van der Waals surface area (Å²) in [5.74, 6) is -0.384. The Bertz CT molecular complexity index is 458. The smallest absolute Gasteiger partial charge is 0.338 e. The van der Waals surface area contributed by atoms with Gasteiger partial charge in [0.2, 0.25) is 0 Å². The van der Waals surface area contributed by atoms with Gasteiger partial charge in [-0.1, -0.05) is 6.07 Å². The third-order valence-electron chi connectivity index (χ3n) is 2.92. The van der Waals surface area contributed by atoms with Crippen molar-refractivity contribution in [1.29, 1.82) is 5.26 Å². The van der Waals surface area contributed by atoms with Gasteiger partial charge >= 0.3 is 5.97 Å². The Kier molecular flexibility index (Phi) is 4.32. The van der Waals surface area contributed by atoms with Crippen molar-refractivity contribution in [2.45, 2.75) is 25.4 Å². The molecule has 1 aliphatic rings. The molecule has 1 fully saturated rings. The summed E-state index contributed by atoms with van der Waals surface area (Å²) >= 11 is 0. The second-order valence-electron chi connectivity index (χ2n) is 4.25. The second-order valence-corrected chi connectivity index (χ2v) is 4.25. The van der Waals surface area contributed by atoms with Crippen LogP contribution in [0.2, 0.25) is 0 Å². The van der Waals surface area contributed by atoms with Crippen molar-refractivity contribution in [2.24, 2.45) is 0 Å². The molecule has 0 radical (unpaired) electrons. The van der Waals surface area contributed by atoms with Gasteiger partial charge in [-0.3, -0.25) is 0 Å². The Hall–Kier alpha value is -1.86. The highest BCUT2D eigenvalue weighted by atomic mass is 16.5. The van der Waals surface area contributed by atoms with Crippen molar-refractivity contribution < 1.29 is 14.3 Å². The lowest BCUT2D eigenvalue weighted by molar-refractivity contribution is 0.0386. The Morgan fingerprint density at radius 2 is 2.44 bits per heavy atom. The van der Waals surface area contributed by atoms with E-state index in [0.29, 0.717) is 17.7 Å². The van der Waals surface area contributed by atoms with E-state index in [2.05, 4.69) is 0 Å². The van der Waals surface area contributed by atoms with E-state index in [0.717, 1.165) is 25.9 Å². The van der Waals surface area contributed by atoms with Gasteiger partial charge in [0.15, 0.2) is 0 Å². The maximum absolute atomic E-state index is 11.7. The molecule has 1 aromatic rings. The molecule has 0 amide bonds. The third-order valence-corrected chi connectivity index (χ3v) is 2.92. The topological polar surface area (TPSA) is 59.3 Å². The Labute approximate surface area is 106 Å². The first-order valence-corrected chi connectivity index (χ1v) is 6.08. The number of nitrogens with zero attached hydrogens (tertiary/aromatic N) is 1. The molecule has 0 aliphatic carbocycles. The summed E-state index contributed by atoms with van der Waals surface area (Å²) in [7, 11) is 0. The summed E-state index contributed by atoms with van der Waals surface area (Å²) in [6, 6.07) is 8.51. The number of nitriles is 1. The van der Waals surface area contributed by atoms with E-state index in [1.807, 2.05) is 6.07 Å². The van der Waals surface area contributed by atoms with Crippen LogP contribution in [0.5, 0.6) is 0 Å². The van der Waals surface area contributed by atoms with E-state index in [-0.39, 0.29) is 12.1 Å². The van der Waals surface area contributed by atoms with Crippen LogP contribution in [0, 0.1) is 11.3 Å². The highest BCUT2D eigenvalue weighted by Crippen LogP contribution is 2.15. The average molecular weight is 245 g/mol. The van der Waals surface area contributed by atoms with Gasteiger partial charge in [-0.2, -0.15) is 5.26 Å². The summed E-state index contributed by atoms with van der Waals surface area (Å²) in [4.78, 5) is 11.7. The SMILES string of the molecule is N#Cc1cccc(C(=O)OCCC2CCCO2)c1. The van der Waals surface area contributed by atoms with Gasteiger partial charge < -0.3 is 9.47 Å². The van der Waals surface area contributed by atoms with Crippen LogP contribution >= 0.6 is 0 Å². The molecular formula is C14H15NO3. The molecule has 1 heterocycles. The number of ether oxygens (including phenoxy) is 2. The first kappa shape index (κ1) is 12.6. The zero-order valence-electron chi connectivity index (χ0n) is 10.1. The second kappa shape index (κ2) is 6.18. The van der Waals surface area contributed by atoms with Gasteiger partial charge in [-0.15, -0.1) is 0 Å². The lowest BCUT2D eigenvalue weighted by atomic mass is 10.1. The molecule has 2 rings (SSSR count). The minimum Gasteiger partial charge on any atom is -0.462 e. The maximum atomic E-state index is 11.7. The fourth-order valence-corrected chi connectivity index (χ4v) is 1.95. The number of carbonyl (C=O) groups excluding carboxylic acids is 1. The van der Waals surface area contributed by atoms with Crippen molar-refractivity contribution >= 4 is 5.97 Å². The summed E-state index contributed by atoms with van der Waals surface area (Å²) in [5, 5.41) is 8.74. The highest BCUT2D eigenvalue weighted by molar-refractivity contribution is 5.89. The number of hydrogen-bond donors (Lipinski definition) is 0. The average Bonchev–Trinajstić information content (AvgIpc) is 2.92. The monoisotopic (exact) mass is 245 g/mol. The van der Waals surface area contributed by atoms with Crippen LogP contribution in [0.4, 0.5) is 0 Å². The lowest BCUT2D eigenvalue weighted by Gasteiger charge is -2.09. The number of benzene rings is 1. The normalized spacial score (nSPS) is 18.3. The van der Waals surface area contributed by atoms with Gasteiger partial charge in [0.1, 0.15) is 0 Å². The molecular weight excluding hydrogens is 230 g/mol. The molecule has 4 heteroatoms. The van der Waals surface area contributed by atoms with Crippen LogP contribution in [0.15, 0.2) is 24.3 Å². The van der Waals surface area contributed by atoms with E-state index < -0.39 is 0 Å². The van der Waals surface area contributed by atoms with Crippen molar-refractivity contribution in [1.82, 2.24) is 0 Å². The summed E-state index contributed by atoms with van der Waals surface area (Å²) in [6.45, 7) is 1.17. The van der Waals surface area contributed by atoms with Crippen LogP contribution in [0.25, 0.3) is 0 Å². The molecule has 1 unspecified atom stereocenters. The molecule has 18 heavy (non-hydrogen) atoms. The molecule has 1 aliphatic heterocycles. The number of carbonyl (C=O) groups is 1. The van der Waals surface area contributed by atoms with Crippen molar-refractivity contribution in [2.75, 3.05) is 13.2 Å². The molecule has 1 saturated heterocycles. The van der Waals surface area contributed by atoms with E-state index in [1.165, 1.54) is 6.07 Å². The summed E-state index contributed by atoms with van der Waals surface area (Å²) < 4.78 is 10.6. The quantitative estimate of drug-likeness (QED) is 0.763. The molecule has 0 spiro atoms. The van der Waals surface area contributed by atoms with Crippen molar-refractivity contribution in [3.05, 3.63) is 35.4 Å². The maximum Gasteiger partial charge on any atom is 0.338 e. The van der Waals surface area contributed by atoms with E-state index in [1.54, 1.807) is 18.2 Å². The van der Waals surface area contributed by atoms with Crippen LogP contribution in [-0.2, 0) is 9.47 Å². The largest absolute Gasteiger partial charge is 0.462 e. The minimum atomic E-state index is -0.384. The van der Waals surface area contributed by atoms with E-state index >= 15 is 0 Å². The first-order chi connectivity index (χ1) is 8.79. The molecule has 0 bridgehead atoms. The van der Waals surface area contributed by atoms with Crippen molar-refractivity contribution in [3.63, 3.8) is 0 Å². The first-order valence-electron chi connectivity index (χ1n) is 6.08. The van der Waals surface area contributed by atoms with Gasteiger partial charge in [0, 0.05) is 13.0 Å². The molecule has 94 valence electrons. The number of hydrogen-bond acceptors (Lipinski definition) is 4.